The van der Waals surface area contributed by atoms with Crippen LogP contribution in [0, 0.1) is 23.7 Å². The second kappa shape index (κ2) is 6.46. The first-order valence-electron chi connectivity index (χ1n) is 7.46. The first-order chi connectivity index (χ1) is 9.47. The molecular formula is C15H24O5. The summed E-state index contributed by atoms with van der Waals surface area (Å²) in [6, 6.07) is 0. The van der Waals surface area contributed by atoms with Crippen LogP contribution >= 0.6 is 0 Å². The molecule has 20 heavy (non-hydrogen) atoms. The molecule has 2 rings (SSSR count). The van der Waals surface area contributed by atoms with Crippen LogP contribution in [0.5, 0.6) is 0 Å². The zero-order valence-corrected chi connectivity index (χ0v) is 12.5. The quantitative estimate of drug-likeness (QED) is 0.743. The zero-order valence-electron chi connectivity index (χ0n) is 12.5. The number of rotatable bonds is 4. The van der Waals surface area contributed by atoms with E-state index in [0.29, 0.717) is 24.2 Å². The van der Waals surface area contributed by atoms with E-state index in [-0.39, 0.29) is 19.2 Å². The molecule has 1 aliphatic carbocycles. The third-order valence-electron chi connectivity index (χ3n) is 4.97. The number of carbonyl (C=O) groups excluding carboxylic acids is 2. The van der Waals surface area contributed by atoms with Crippen molar-refractivity contribution in [3.63, 3.8) is 0 Å². The number of esters is 1. The molecule has 2 fully saturated rings. The first-order valence-corrected chi connectivity index (χ1v) is 7.46. The molecule has 0 spiro atoms. The van der Waals surface area contributed by atoms with Gasteiger partial charge in [-0.2, -0.15) is 0 Å². The maximum Gasteiger partial charge on any atom is 0.508 e. The first kappa shape index (κ1) is 15.1. The third-order valence-corrected chi connectivity index (χ3v) is 4.97. The Bertz CT molecular complexity index is 367. The minimum atomic E-state index is -0.685. The van der Waals surface area contributed by atoms with Gasteiger partial charge < -0.3 is 14.2 Å². The molecule has 0 aromatic rings. The second-order valence-corrected chi connectivity index (χ2v) is 6.22. The van der Waals surface area contributed by atoms with E-state index in [2.05, 4.69) is 25.5 Å². The van der Waals surface area contributed by atoms with Crippen molar-refractivity contribution in [1.82, 2.24) is 0 Å². The Morgan fingerprint density at radius 1 is 1.25 bits per heavy atom. The number of hydrogen-bond donors (Lipinski definition) is 0. The summed E-state index contributed by atoms with van der Waals surface area (Å²) in [5, 5.41) is 0. The van der Waals surface area contributed by atoms with E-state index in [1.165, 1.54) is 6.42 Å². The fraction of sp³-hybridized carbons (Fsp3) is 0.867. The van der Waals surface area contributed by atoms with Gasteiger partial charge in [-0.25, -0.2) is 4.79 Å². The Morgan fingerprint density at radius 3 is 2.65 bits per heavy atom. The van der Waals surface area contributed by atoms with Gasteiger partial charge in [0.1, 0.15) is 13.2 Å². The Hall–Kier alpha value is -1.26. The van der Waals surface area contributed by atoms with E-state index >= 15 is 0 Å². The molecule has 5 heteroatoms. The third kappa shape index (κ3) is 3.64. The molecule has 1 saturated heterocycles. The van der Waals surface area contributed by atoms with Gasteiger partial charge in [0.15, 0.2) is 6.10 Å². The van der Waals surface area contributed by atoms with E-state index in [9.17, 15) is 9.59 Å². The number of hydrogen-bond acceptors (Lipinski definition) is 5. The molecular weight excluding hydrogens is 260 g/mol. The van der Waals surface area contributed by atoms with Gasteiger partial charge in [-0.15, -0.1) is 0 Å². The predicted molar refractivity (Wildman–Crippen MR) is 72.0 cm³/mol. The molecule has 1 aliphatic heterocycles. The SMILES string of the molecule is CC1CCC(CC(=O)OCC2COC(=O)O2)C(C)C1C. The molecule has 0 amide bonds. The molecule has 5 nitrogen and oxygen atoms in total. The van der Waals surface area contributed by atoms with Crippen molar-refractivity contribution in [1.29, 1.82) is 0 Å². The maximum absolute atomic E-state index is 11.9. The van der Waals surface area contributed by atoms with Crippen LogP contribution in [-0.2, 0) is 19.0 Å². The fourth-order valence-electron chi connectivity index (χ4n) is 3.14. The summed E-state index contributed by atoms with van der Waals surface area (Å²) in [7, 11) is 0. The molecule has 2 aliphatic rings. The minimum absolute atomic E-state index is 0.0949. The molecule has 114 valence electrons. The summed E-state index contributed by atoms with van der Waals surface area (Å²) >= 11 is 0. The van der Waals surface area contributed by atoms with Gasteiger partial charge in [0, 0.05) is 6.42 Å². The average molecular weight is 284 g/mol. The molecule has 0 N–H and O–H groups in total. The van der Waals surface area contributed by atoms with Gasteiger partial charge in [-0.3, -0.25) is 4.79 Å². The van der Waals surface area contributed by atoms with Crippen molar-refractivity contribution in [2.45, 2.75) is 46.1 Å². The normalized spacial score (nSPS) is 37.1. The number of ether oxygens (including phenoxy) is 3. The maximum atomic E-state index is 11.9. The molecule has 0 aromatic carbocycles. The molecule has 1 saturated carbocycles. The van der Waals surface area contributed by atoms with Gasteiger partial charge >= 0.3 is 12.1 Å². The second-order valence-electron chi connectivity index (χ2n) is 6.22. The van der Waals surface area contributed by atoms with Gasteiger partial charge in [-0.1, -0.05) is 27.2 Å². The topological polar surface area (TPSA) is 61.8 Å². The van der Waals surface area contributed by atoms with Crippen molar-refractivity contribution in [2.24, 2.45) is 23.7 Å². The summed E-state index contributed by atoms with van der Waals surface area (Å²) in [5.41, 5.74) is 0. The van der Waals surface area contributed by atoms with Crippen LogP contribution in [0.4, 0.5) is 4.79 Å². The Labute approximate surface area is 120 Å². The summed E-state index contributed by atoms with van der Waals surface area (Å²) < 4.78 is 14.6. The highest BCUT2D eigenvalue weighted by molar-refractivity contribution is 5.69. The Balaban J connectivity index is 1.72. The van der Waals surface area contributed by atoms with Crippen molar-refractivity contribution < 1.29 is 23.8 Å². The van der Waals surface area contributed by atoms with Crippen molar-refractivity contribution in [3.8, 4) is 0 Å². The average Bonchev–Trinajstić information content (AvgIpc) is 2.83. The summed E-state index contributed by atoms with van der Waals surface area (Å²) in [5.74, 6) is 2.11. The summed E-state index contributed by atoms with van der Waals surface area (Å²) in [4.78, 5) is 22.6. The van der Waals surface area contributed by atoms with Crippen LogP contribution in [0.15, 0.2) is 0 Å². The molecule has 0 radical (unpaired) electrons. The van der Waals surface area contributed by atoms with Crippen LogP contribution in [0.3, 0.4) is 0 Å². The van der Waals surface area contributed by atoms with E-state index in [0.717, 1.165) is 12.3 Å². The molecule has 5 unspecified atom stereocenters. The standard InChI is InChI=1S/C15H24O5/c1-9-4-5-12(11(3)10(9)2)6-14(16)18-7-13-8-19-15(17)20-13/h9-13H,4-8H2,1-3H3. The lowest BCUT2D eigenvalue weighted by atomic mass is 9.68. The van der Waals surface area contributed by atoms with Crippen molar-refractivity contribution >= 4 is 12.1 Å². The van der Waals surface area contributed by atoms with Crippen molar-refractivity contribution in [2.75, 3.05) is 13.2 Å². The lowest BCUT2D eigenvalue weighted by Crippen LogP contribution is -2.32. The highest BCUT2D eigenvalue weighted by Gasteiger charge is 2.33. The van der Waals surface area contributed by atoms with Gasteiger partial charge in [0.2, 0.25) is 0 Å². The molecule has 0 aromatic heterocycles. The van der Waals surface area contributed by atoms with Crippen LogP contribution < -0.4 is 0 Å². The number of cyclic esters (lactones) is 2. The van der Waals surface area contributed by atoms with E-state index in [1.54, 1.807) is 0 Å². The Morgan fingerprint density at radius 2 is 2.00 bits per heavy atom. The predicted octanol–water partition coefficient (Wildman–Crippen LogP) is 2.77. The lowest BCUT2D eigenvalue weighted by molar-refractivity contribution is -0.148. The lowest BCUT2D eigenvalue weighted by Gasteiger charge is -2.38. The van der Waals surface area contributed by atoms with Crippen LogP contribution in [0.25, 0.3) is 0 Å². The summed E-state index contributed by atoms with van der Waals surface area (Å²) in [6.45, 7) is 7.04. The smallest absolute Gasteiger partial charge is 0.462 e. The van der Waals surface area contributed by atoms with E-state index in [1.807, 2.05) is 0 Å². The fourth-order valence-corrected chi connectivity index (χ4v) is 3.14. The molecule has 5 atom stereocenters. The monoisotopic (exact) mass is 284 g/mol. The highest BCUT2D eigenvalue weighted by atomic mass is 16.8. The largest absolute Gasteiger partial charge is 0.508 e. The van der Waals surface area contributed by atoms with E-state index in [4.69, 9.17) is 9.47 Å². The van der Waals surface area contributed by atoms with Crippen molar-refractivity contribution in [3.05, 3.63) is 0 Å². The molecule has 1 heterocycles. The molecule has 0 bridgehead atoms. The van der Waals surface area contributed by atoms with Gasteiger partial charge in [0.25, 0.3) is 0 Å². The van der Waals surface area contributed by atoms with E-state index < -0.39 is 12.3 Å². The van der Waals surface area contributed by atoms with Gasteiger partial charge in [0.05, 0.1) is 0 Å². The summed E-state index contributed by atoms with van der Waals surface area (Å²) in [6.07, 6.45) is 1.59. The number of carbonyl (C=O) groups is 2. The van der Waals surface area contributed by atoms with Gasteiger partial charge in [-0.05, 0) is 30.1 Å². The zero-order chi connectivity index (χ0) is 14.7. The highest BCUT2D eigenvalue weighted by Crippen LogP contribution is 2.39. The van der Waals surface area contributed by atoms with Crippen LogP contribution in [0.2, 0.25) is 0 Å². The van der Waals surface area contributed by atoms with Crippen LogP contribution in [0.1, 0.15) is 40.0 Å². The van der Waals surface area contributed by atoms with Crippen LogP contribution in [-0.4, -0.2) is 31.4 Å². The minimum Gasteiger partial charge on any atom is -0.462 e. The Kier molecular flexibility index (Phi) is 4.89.